The number of nitrogens with one attached hydrogen (secondary N) is 1. The van der Waals surface area contributed by atoms with E-state index in [0.717, 1.165) is 22.6 Å². The standard InChI is InChI=1S/C12H13BrN2/c13-11-4-5-12(10(6-11)7-14)15-8-9-2-1-3-9/h4-6,9,15H,1-3,8H2. The van der Waals surface area contributed by atoms with Gasteiger partial charge in [0.05, 0.1) is 11.3 Å². The molecule has 1 saturated carbocycles. The van der Waals surface area contributed by atoms with Gasteiger partial charge >= 0.3 is 0 Å². The Balaban J connectivity index is 2.03. The Morgan fingerprint density at radius 3 is 2.87 bits per heavy atom. The molecule has 0 amide bonds. The van der Waals surface area contributed by atoms with Crippen LogP contribution in [0.3, 0.4) is 0 Å². The van der Waals surface area contributed by atoms with Crippen molar-refractivity contribution in [2.75, 3.05) is 11.9 Å². The van der Waals surface area contributed by atoms with Gasteiger partial charge in [-0.25, -0.2) is 0 Å². The van der Waals surface area contributed by atoms with Crippen molar-refractivity contribution in [3.63, 3.8) is 0 Å². The van der Waals surface area contributed by atoms with Crippen LogP contribution in [0.25, 0.3) is 0 Å². The van der Waals surface area contributed by atoms with Crippen molar-refractivity contribution in [2.24, 2.45) is 5.92 Å². The largest absolute Gasteiger partial charge is 0.384 e. The third-order valence-electron chi connectivity index (χ3n) is 2.91. The molecule has 2 rings (SSSR count). The SMILES string of the molecule is N#Cc1cc(Br)ccc1NCC1CCC1. The van der Waals surface area contributed by atoms with Crippen molar-refractivity contribution >= 4 is 21.6 Å². The van der Waals surface area contributed by atoms with Gasteiger partial charge in [0.1, 0.15) is 6.07 Å². The van der Waals surface area contributed by atoms with Crippen molar-refractivity contribution in [2.45, 2.75) is 19.3 Å². The average Bonchev–Trinajstić information content (AvgIpc) is 2.17. The van der Waals surface area contributed by atoms with Crippen molar-refractivity contribution in [1.29, 1.82) is 5.26 Å². The van der Waals surface area contributed by atoms with Crippen molar-refractivity contribution in [3.05, 3.63) is 28.2 Å². The third kappa shape index (κ3) is 2.51. The number of nitrogens with zero attached hydrogens (tertiary/aromatic N) is 1. The molecule has 0 aromatic heterocycles. The summed E-state index contributed by atoms with van der Waals surface area (Å²) < 4.78 is 0.952. The molecular weight excluding hydrogens is 252 g/mol. The molecule has 0 saturated heterocycles. The van der Waals surface area contributed by atoms with Gasteiger partial charge in [-0.1, -0.05) is 22.4 Å². The maximum absolute atomic E-state index is 8.97. The fraction of sp³-hybridized carbons (Fsp3) is 0.417. The normalized spacial score (nSPS) is 15.5. The van der Waals surface area contributed by atoms with Crippen LogP contribution in [0.15, 0.2) is 22.7 Å². The quantitative estimate of drug-likeness (QED) is 0.907. The summed E-state index contributed by atoms with van der Waals surface area (Å²) in [7, 11) is 0. The molecule has 1 fully saturated rings. The molecule has 1 aliphatic carbocycles. The lowest BCUT2D eigenvalue weighted by atomic mass is 9.85. The smallest absolute Gasteiger partial charge is 0.101 e. The first-order chi connectivity index (χ1) is 7.29. The highest BCUT2D eigenvalue weighted by Crippen LogP contribution is 2.27. The molecule has 0 aliphatic heterocycles. The molecule has 0 spiro atoms. The van der Waals surface area contributed by atoms with Crippen LogP contribution in [0, 0.1) is 17.2 Å². The molecule has 1 aromatic rings. The van der Waals surface area contributed by atoms with E-state index in [-0.39, 0.29) is 0 Å². The number of hydrogen-bond acceptors (Lipinski definition) is 2. The van der Waals surface area contributed by atoms with E-state index in [9.17, 15) is 0 Å². The van der Waals surface area contributed by atoms with Gasteiger partial charge in [-0.05, 0) is 37.0 Å². The fourth-order valence-corrected chi connectivity index (χ4v) is 2.08. The van der Waals surface area contributed by atoms with Gasteiger partial charge in [-0.3, -0.25) is 0 Å². The Kier molecular flexibility index (Phi) is 3.27. The predicted molar refractivity (Wildman–Crippen MR) is 64.7 cm³/mol. The third-order valence-corrected chi connectivity index (χ3v) is 3.40. The lowest BCUT2D eigenvalue weighted by molar-refractivity contribution is 0.333. The first-order valence-electron chi connectivity index (χ1n) is 5.23. The van der Waals surface area contributed by atoms with Crippen molar-refractivity contribution < 1.29 is 0 Å². The molecule has 0 bridgehead atoms. The summed E-state index contributed by atoms with van der Waals surface area (Å²) in [5, 5.41) is 12.3. The zero-order valence-corrected chi connectivity index (χ0v) is 10.0. The van der Waals surface area contributed by atoms with E-state index in [1.54, 1.807) is 0 Å². The highest BCUT2D eigenvalue weighted by molar-refractivity contribution is 9.10. The molecule has 1 aromatic carbocycles. The maximum Gasteiger partial charge on any atom is 0.101 e. The molecule has 1 aliphatic rings. The van der Waals surface area contributed by atoms with Crippen LogP contribution in [-0.2, 0) is 0 Å². The van der Waals surface area contributed by atoms with E-state index in [1.165, 1.54) is 19.3 Å². The number of hydrogen-bond donors (Lipinski definition) is 1. The second-order valence-electron chi connectivity index (χ2n) is 3.98. The summed E-state index contributed by atoms with van der Waals surface area (Å²) in [6.45, 7) is 0.996. The zero-order valence-electron chi connectivity index (χ0n) is 8.46. The minimum absolute atomic E-state index is 0.712. The van der Waals surface area contributed by atoms with Gasteiger partial charge in [0, 0.05) is 11.0 Å². The van der Waals surface area contributed by atoms with Crippen LogP contribution in [-0.4, -0.2) is 6.54 Å². The van der Waals surface area contributed by atoms with Crippen LogP contribution < -0.4 is 5.32 Å². The monoisotopic (exact) mass is 264 g/mol. The summed E-state index contributed by atoms with van der Waals surface area (Å²) in [5.74, 6) is 0.806. The molecule has 0 heterocycles. The molecule has 2 nitrogen and oxygen atoms in total. The molecule has 0 unspecified atom stereocenters. The van der Waals surface area contributed by atoms with Gasteiger partial charge in [-0.15, -0.1) is 0 Å². The lowest BCUT2D eigenvalue weighted by Gasteiger charge is -2.26. The lowest BCUT2D eigenvalue weighted by Crippen LogP contribution is -2.21. The number of rotatable bonds is 3. The second kappa shape index (κ2) is 4.67. The number of halogens is 1. The van der Waals surface area contributed by atoms with Gasteiger partial charge < -0.3 is 5.32 Å². The van der Waals surface area contributed by atoms with Gasteiger partial charge in [-0.2, -0.15) is 5.26 Å². The predicted octanol–water partition coefficient (Wildman–Crippen LogP) is 3.53. The van der Waals surface area contributed by atoms with E-state index >= 15 is 0 Å². The molecular formula is C12H13BrN2. The molecule has 0 atom stereocenters. The summed E-state index contributed by atoms with van der Waals surface area (Å²) in [6, 6.07) is 7.98. The molecule has 78 valence electrons. The summed E-state index contributed by atoms with van der Waals surface area (Å²) in [6.07, 6.45) is 4.01. The first kappa shape index (κ1) is 10.5. The highest BCUT2D eigenvalue weighted by Gasteiger charge is 2.17. The molecule has 0 radical (unpaired) electrons. The van der Waals surface area contributed by atoms with Gasteiger partial charge in [0.25, 0.3) is 0 Å². The summed E-state index contributed by atoms with van der Waals surface area (Å²) >= 11 is 3.36. The molecule has 3 heteroatoms. The van der Waals surface area contributed by atoms with Crippen molar-refractivity contribution in [3.8, 4) is 6.07 Å². The van der Waals surface area contributed by atoms with Crippen LogP contribution >= 0.6 is 15.9 Å². The number of nitriles is 1. The van der Waals surface area contributed by atoms with Crippen LogP contribution in [0.4, 0.5) is 5.69 Å². The Labute approximate surface area is 98.4 Å². The zero-order chi connectivity index (χ0) is 10.7. The summed E-state index contributed by atoms with van der Waals surface area (Å²) in [4.78, 5) is 0. The Morgan fingerprint density at radius 2 is 2.27 bits per heavy atom. The van der Waals surface area contributed by atoms with Crippen molar-refractivity contribution in [1.82, 2.24) is 0 Å². The minimum Gasteiger partial charge on any atom is -0.384 e. The molecule has 1 N–H and O–H groups in total. The summed E-state index contributed by atoms with van der Waals surface area (Å²) in [5.41, 5.74) is 1.66. The van der Waals surface area contributed by atoms with Gasteiger partial charge in [0.2, 0.25) is 0 Å². The van der Waals surface area contributed by atoms with E-state index in [0.29, 0.717) is 5.56 Å². The Hall–Kier alpha value is -1.01. The van der Waals surface area contributed by atoms with E-state index in [1.807, 2.05) is 18.2 Å². The topological polar surface area (TPSA) is 35.8 Å². The number of benzene rings is 1. The number of anilines is 1. The minimum atomic E-state index is 0.712. The van der Waals surface area contributed by atoms with E-state index < -0.39 is 0 Å². The van der Waals surface area contributed by atoms with Crippen LogP contribution in [0.1, 0.15) is 24.8 Å². The van der Waals surface area contributed by atoms with Gasteiger partial charge in [0.15, 0.2) is 0 Å². The van der Waals surface area contributed by atoms with Crippen LogP contribution in [0.2, 0.25) is 0 Å². The Morgan fingerprint density at radius 1 is 1.47 bits per heavy atom. The fourth-order valence-electron chi connectivity index (χ4n) is 1.71. The van der Waals surface area contributed by atoms with E-state index in [4.69, 9.17) is 5.26 Å². The highest BCUT2D eigenvalue weighted by atomic mass is 79.9. The Bertz CT molecular complexity index is 391. The first-order valence-corrected chi connectivity index (χ1v) is 6.02. The average molecular weight is 265 g/mol. The maximum atomic E-state index is 8.97. The van der Waals surface area contributed by atoms with Crippen LogP contribution in [0.5, 0.6) is 0 Å². The molecule has 15 heavy (non-hydrogen) atoms. The second-order valence-corrected chi connectivity index (χ2v) is 4.90. The van der Waals surface area contributed by atoms with E-state index in [2.05, 4.69) is 27.3 Å².